The average molecular weight is 393 g/mol. The molecule has 2 N–H and O–H groups in total. The molecule has 0 radical (unpaired) electrons. The van der Waals surface area contributed by atoms with Crippen molar-refractivity contribution in [2.75, 3.05) is 13.7 Å². The normalized spacial score (nSPS) is 10.3. The van der Waals surface area contributed by atoms with Gasteiger partial charge in [-0.2, -0.15) is 0 Å². The van der Waals surface area contributed by atoms with Crippen LogP contribution in [0.1, 0.15) is 22.8 Å². The van der Waals surface area contributed by atoms with Gasteiger partial charge in [-0.1, -0.05) is 12.1 Å². The predicted octanol–water partition coefficient (Wildman–Crippen LogP) is 2.89. The smallest absolute Gasteiger partial charge is 0.269 e. The first kappa shape index (κ1) is 20.0. The number of carbonyl (C=O) groups excluding carboxylic acids is 2. The van der Waals surface area contributed by atoms with Gasteiger partial charge >= 0.3 is 0 Å². The maximum absolute atomic E-state index is 12.3. The van der Waals surface area contributed by atoms with Gasteiger partial charge in [-0.25, -0.2) is 0 Å². The molecule has 1 heterocycles. The number of aromatic nitrogens is 1. The Labute approximate surface area is 169 Å². The number of hydrazine groups is 1. The maximum atomic E-state index is 12.3. The van der Waals surface area contributed by atoms with E-state index in [1.165, 1.54) is 7.11 Å². The highest BCUT2D eigenvalue weighted by Crippen LogP contribution is 2.27. The number of benzene rings is 2. The number of nitrogens with one attached hydrogen (secondary N) is 2. The summed E-state index contributed by atoms with van der Waals surface area (Å²) < 4.78 is 12.6. The topological polar surface area (TPSA) is 81.6 Å². The van der Waals surface area contributed by atoms with E-state index in [9.17, 15) is 9.59 Å². The van der Waals surface area contributed by atoms with Crippen LogP contribution in [-0.2, 0) is 11.2 Å². The lowest BCUT2D eigenvalue weighted by molar-refractivity contribution is -0.121. The molecule has 2 aromatic carbocycles. The second-order valence-corrected chi connectivity index (χ2v) is 6.23. The van der Waals surface area contributed by atoms with Gasteiger partial charge in [0.05, 0.1) is 20.1 Å². The van der Waals surface area contributed by atoms with Gasteiger partial charge in [-0.3, -0.25) is 20.4 Å². The summed E-state index contributed by atoms with van der Waals surface area (Å²) in [6.07, 6.45) is 4.05. The molecule has 0 saturated heterocycles. The highest BCUT2D eigenvalue weighted by Gasteiger charge is 2.12. The Morgan fingerprint density at radius 3 is 2.34 bits per heavy atom. The van der Waals surface area contributed by atoms with Gasteiger partial charge in [0.25, 0.3) is 5.91 Å². The van der Waals surface area contributed by atoms with Gasteiger partial charge < -0.3 is 14.0 Å². The van der Waals surface area contributed by atoms with Crippen LogP contribution in [0, 0.1) is 0 Å². The molecule has 3 aromatic rings. The summed E-state index contributed by atoms with van der Waals surface area (Å²) in [6, 6.07) is 16.4. The van der Waals surface area contributed by atoms with Gasteiger partial charge in [0.15, 0.2) is 11.5 Å². The number of amides is 2. The van der Waals surface area contributed by atoms with E-state index in [-0.39, 0.29) is 12.3 Å². The van der Waals surface area contributed by atoms with Crippen LogP contribution in [0.25, 0.3) is 5.69 Å². The van der Waals surface area contributed by atoms with Crippen molar-refractivity contribution in [1.82, 2.24) is 15.4 Å². The minimum Gasteiger partial charge on any atom is -0.493 e. The third-order valence-electron chi connectivity index (χ3n) is 4.24. The molecule has 29 heavy (non-hydrogen) atoms. The number of nitrogens with zero attached hydrogens (tertiary/aromatic N) is 1. The molecule has 3 rings (SSSR count). The van der Waals surface area contributed by atoms with Gasteiger partial charge in [0.1, 0.15) is 0 Å². The zero-order valence-electron chi connectivity index (χ0n) is 16.3. The Bertz CT molecular complexity index is 966. The Kier molecular flexibility index (Phi) is 6.52. The van der Waals surface area contributed by atoms with E-state index < -0.39 is 5.91 Å². The molecular weight excluding hydrogens is 370 g/mol. The minimum atomic E-state index is -0.442. The van der Waals surface area contributed by atoms with E-state index in [0.717, 1.165) is 11.3 Å². The van der Waals surface area contributed by atoms with Crippen LogP contribution in [0.3, 0.4) is 0 Å². The Hall–Kier alpha value is -3.74. The van der Waals surface area contributed by atoms with E-state index in [1.807, 2.05) is 60.3 Å². The number of rotatable bonds is 7. The lowest BCUT2D eigenvalue weighted by Crippen LogP contribution is -2.42. The predicted molar refractivity (Wildman–Crippen MR) is 109 cm³/mol. The van der Waals surface area contributed by atoms with Crippen molar-refractivity contribution in [3.05, 3.63) is 78.1 Å². The van der Waals surface area contributed by atoms with Crippen LogP contribution in [-0.4, -0.2) is 30.1 Å². The summed E-state index contributed by atoms with van der Waals surface area (Å²) in [5.41, 5.74) is 7.05. The lowest BCUT2D eigenvalue weighted by atomic mass is 10.1. The Balaban J connectivity index is 1.54. The van der Waals surface area contributed by atoms with Crippen LogP contribution in [0.2, 0.25) is 0 Å². The monoisotopic (exact) mass is 393 g/mol. The first-order chi connectivity index (χ1) is 14.1. The average Bonchev–Trinajstić information content (AvgIpc) is 3.28. The molecule has 7 heteroatoms. The number of hydrogen-bond donors (Lipinski definition) is 2. The second kappa shape index (κ2) is 9.45. The summed E-state index contributed by atoms with van der Waals surface area (Å²) >= 11 is 0. The van der Waals surface area contributed by atoms with Gasteiger partial charge in [-0.05, 0) is 55.0 Å². The number of methoxy groups -OCH3 is 1. The van der Waals surface area contributed by atoms with Crippen molar-refractivity contribution in [2.24, 2.45) is 0 Å². The molecule has 1 aromatic heterocycles. The Morgan fingerprint density at radius 2 is 1.69 bits per heavy atom. The molecule has 0 saturated carbocycles. The van der Waals surface area contributed by atoms with Crippen molar-refractivity contribution in [3.63, 3.8) is 0 Å². The van der Waals surface area contributed by atoms with E-state index in [4.69, 9.17) is 9.47 Å². The van der Waals surface area contributed by atoms with Crippen LogP contribution in [0.5, 0.6) is 11.5 Å². The summed E-state index contributed by atoms with van der Waals surface area (Å²) in [4.78, 5) is 24.4. The third-order valence-corrected chi connectivity index (χ3v) is 4.24. The molecule has 0 fully saturated rings. The quantitative estimate of drug-likeness (QED) is 0.605. The summed E-state index contributed by atoms with van der Waals surface area (Å²) in [5.74, 6) is 0.250. The fourth-order valence-electron chi connectivity index (χ4n) is 2.80. The van der Waals surface area contributed by atoms with Crippen LogP contribution in [0.4, 0.5) is 0 Å². The Morgan fingerprint density at radius 1 is 0.966 bits per heavy atom. The number of hydrogen-bond acceptors (Lipinski definition) is 4. The summed E-state index contributed by atoms with van der Waals surface area (Å²) in [7, 11) is 1.50. The second-order valence-electron chi connectivity index (χ2n) is 6.23. The minimum absolute atomic E-state index is 0.152. The molecule has 0 aliphatic carbocycles. The molecule has 0 aliphatic heterocycles. The fraction of sp³-hybridized carbons (Fsp3) is 0.182. The largest absolute Gasteiger partial charge is 0.493 e. The molecule has 0 aliphatic rings. The van der Waals surface area contributed by atoms with Crippen molar-refractivity contribution in [3.8, 4) is 17.2 Å². The third kappa shape index (κ3) is 5.16. The van der Waals surface area contributed by atoms with Crippen LogP contribution in [0.15, 0.2) is 67.0 Å². The van der Waals surface area contributed by atoms with Gasteiger partial charge in [0, 0.05) is 23.6 Å². The van der Waals surface area contributed by atoms with E-state index in [2.05, 4.69) is 10.9 Å². The molecule has 0 unspecified atom stereocenters. The van der Waals surface area contributed by atoms with Crippen LogP contribution < -0.4 is 20.3 Å². The van der Waals surface area contributed by atoms with Crippen molar-refractivity contribution >= 4 is 11.8 Å². The van der Waals surface area contributed by atoms with Crippen molar-refractivity contribution in [1.29, 1.82) is 0 Å². The number of ether oxygens (including phenoxy) is 2. The van der Waals surface area contributed by atoms with Crippen LogP contribution >= 0.6 is 0 Å². The van der Waals surface area contributed by atoms with E-state index >= 15 is 0 Å². The summed E-state index contributed by atoms with van der Waals surface area (Å²) in [5, 5.41) is 0. The van der Waals surface area contributed by atoms with Crippen molar-refractivity contribution < 1.29 is 19.1 Å². The highest BCUT2D eigenvalue weighted by atomic mass is 16.5. The molecule has 2 amide bonds. The zero-order chi connectivity index (χ0) is 20.6. The first-order valence-corrected chi connectivity index (χ1v) is 9.23. The molecule has 0 atom stereocenters. The van der Waals surface area contributed by atoms with E-state index in [0.29, 0.717) is 23.7 Å². The molecule has 150 valence electrons. The molecule has 0 bridgehead atoms. The lowest BCUT2D eigenvalue weighted by Gasteiger charge is -2.12. The molecular formula is C22H23N3O4. The zero-order valence-corrected chi connectivity index (χ0v) is 16.3. The molecule has 0 spiro atoms. The standard InChI is InChI=1S/C22H23N3O4/c1-3-29-19-11-8-17(15-20(19)28-2)22(27)24-23-21(26)14-16-6-9-18(10-7-16)25-12-4-5-13-25/h4-13,15H,3,14H2,1-2H3,(H,23,26)(H,24,27). The van der Waals surface area contributed by atoms with Gasteiger partial charge in [0.2, 0.25) is 5.91 Å². The highest BCUT2D eigenvalue weighted by molar-refractivity contribution is 5.96. The number of carbonyl (C=O) groups is 2. The SMILES string of the molecule is CCOc1ccc(C(=O)NNC(=O)Cc2ccc(-n3cccc3)cc2)cc1OC. The van der Waals surface area contributed by atoms with Crippen molar-refractivity contribution in [2.45, 2.75) is 13.3 Å². The molecule has 7 nitrogen and oxygen atoms in total. The maximum Gasteiger partial charge on any atom is 0.269 e. The first-order valence-electron chi connectivity index (χ1n) is 9.23. The summed E-state index contributed by atoms with van der Waals surface area (Å²) in [6.45, 7) is 2.36. The fourth-order valence-corrected chi connectivity index (χ4v) is 2.80. The van der Waals surface area contributed by atoms with E-state index in [1.54, 1.807) is 18.2 Å². The van der Waals surface area contributed by atoms with Gasteiger partial charge in [-0.15, -0.1) is 0 Å².